The number of nitrogens with zero attached hydrogens (tertiary/aromatic N) is 5. The number of carbonyl (C=O) groups excluding carboxylic acids is 2. The highest BCUT2D eigenvalue weighted by Gasteiger charge is 2.25. The fraction of sp³-hybridized carbons (Fsp3) is 0.400. The van der Waals surface area contributed by atoms with E-state index in [1.165, 1.54) is 23.2 Å². The number of aryl methyl sites for hydroxylation is 1. The first-order valence-corrected chi connectivity index (χ1v) is 12.3. The number of anilines is 1. The normalized spacial score (nSPS) is 16.6. The van der Waals surface area contributed by atoms with Crippen LogP contribution >= 0.6 is 0 Å². The molecule has 2 fully saturated rings. The maximum Gasteiger partial charge on any atom is 0.288 e. The topological polar surface area (TPSA) is 115 Å². The van der Waals surface area contributed by atoms with Gasteiger partial charge in [-0.25, -0.2) is 14.4 Å². The van der Waals surface area contributed by atoms with Gasteiger partial charge in [-0.1, -0.05) is 6.92 Å². The first kappa shape index (κ1) is 24.8. The van der Waals surface area contributed by atoms with Gasteiger partial charge in [-0.3, -0.25) is 29.7 Å². The zero-order valence-corrected chi connectivity index (χ0v) is 20.4. The fourth-order valence-corrected chi connectivity index (χ4v) is 4.72. The number of hydrogen-bond acceptors (Lipinski definition) is 7. The Morgan fingerprint density at radius 2 is 1.86 bits per heavy atom. The first-order valence-electron chi connectivity index (χ1n) is 12.3. The van der Waals surface area contributed by atoms with Crippen molar-refractivity contribution in [2.24, 2.45) is 0 Å². The van der Waals surface area contributed by atoms with Crippen molar-refractivity contribution >= 4 is 28.5 Å². The molecule has 10 nitrogen and oxygen atoms in total. The highest BCUT2D eigenvalue weighted by atomic mass is 19.1. The largest absolute Gasteiger partial charge is 0.365 e. The molecule has 0 bridgehead atoms. The molecule has 2 amide bonds. The molecule has 0 atom stereocenters. The summed E-state index contributed by atoms with van der Waals surface area (Å²) in [5, 5.41) is 1.23. The molecular weight excluding hydrogens is 484 g/mol. The van der Waals surface area contributed by atoms with Crippen LogP contribution in [0.5, 0.6) is 0 Å². The molecule has 2 aliphatic heterocycles. The van der Waals surface area contributed by atoms with Gasteiger partial charge in [0.15, 0.2) is 5.82 Å². The molecular formula is C25H27F2N7O3. The lowest BCUT2D eigenvalue weighted by Gasteiger charge is -2.36. The van der Waals surface area contributed by atoms with E-state index in [0.29, 0.717) is 81.0 Å². The summed E-state index contributed by atoms with van der Waals surface area (Å²) in [4.78, 5) is 50.8. The second-order valence-corrected chi connectivity index (χ2v) is 9.20. The average Bonchev–Trinajstić information content (AvgIpc) is 3.28. The van der Waals surface area contributed by atoms with Gasteiger partial charge in [0.25, 0.3) is 11.5 Å². The number of hydrazine groups is 1. The Morgan fingerprint density at radius 1 is 1.08 bits per heavy atom. The van der Waals surface area contributed by atoms with E-state index in [9.17, 15) is 23.2 Å². The van der Waals surface area contributed by atoms with Crippen molar-refractivity contribution in [3.8, 4) is 0 Å². The molecule has 0 aliphatic carbocycles. The highest BCUT2D eigenvalue weighted by Crippen LogP contribution is 2.22. The Hall–Kier alpha value is -3.93. The number of hydrogen-bond donors (Lipinski definition) is 2. The third kappa shape index (κ3) is 5.15. The minimum atomic E-state index is -0.756. The van der Waals surface area contributed by atoms with E-state index in [4.69, 9.17) is 0 Å². The average molecular weight is 512 g/mol. The summed E-state index contributed by atoms with van der Waals surface area (Å²) in [5.74, 6) is -2.04. The molecule has 4 heterocycles. The third-order valence-corrected chi connectivity index (χ3v) is 6.71. The number of aromatic amines is 1. The van der Waals surface area contributed by atoms with Crippen molar-refractivity contribution in [3.05, 3.63) is 63.3 Å². The van der Waals surface area contributed by atoms with Gasteiger partial charge in [-0.05, 0) is 42.7 Å². The summed E-state index contributed by atoms with van der Waals surface area (Å²) >= 11 is 0. The van der Waals surface area contributed by atoms with Crippen molar-refractivity contribution in [1.29, 1.82) is 0 Å². The quantitative estimate of drug-likeness (QED) is 0.485. The van der Waals surface area contributed by atoms with Crippen LogP contribution < -0.4 is 15.9 Å². The zero-order chi connectivity index (χ0) is 26.1. The van der Waals surface area contributed by atoms with Gasteiger partial charge in [0.1, 0.15) is 16.9 Å². The van der Waals surface area contributed by atoms with Crippen LogP contribution in [0.25, 0.3) is 11.0 Å². The lowest BCUT2D eigenvalue weighted by Crippen LogP contribution is -2.46. The molecule has 12 heteroatoms. The van der Waals surface area contributed by atoms with Crippen LogP contribution in [0.1, 0.15) is 41.5 Å². The van der Waals surface area contributed by atoms with E-state index >= 15 is 0 Å². The summed E-state index contributed by atoms with van der Waals surface area (Å²) < 4.78 is 29.5. The smallest absolute Gasteiger partial charge is 0.288 e. The minimum Gasteiger partial charge on any atom is -0.365 e. The van der Waals surface area contributed by atoms with Crippen LogP contribution in [-0.4, -0.2) is 69.4 Å². The summed E-state index contributed by atoms with van der Waals surface area (Å²) in [6.45, 7) is 4.91. The second-order valence-electron chi connectivity index (χ2n) is 9.20. The molecule has 2 aliphatic rings. The molecule has 0 saturated carbocycles. The van der Waals surface area contributed by atoms with E-state index < -0.39 is 17.7 Å². The van der Waals surface area contributed by atoms with Crippen LogP contribution in [0.4, 0.5) is 14.5 Å². The highest BCUT2D eigenvalue weighted by molar-refractivity contribution is 5.94. The van der Waals surface area contributed by atoms with Crippen molar-refractivity contribution in [2.45, 2.75) is 32.7 Å². The SMILES string of the molecule is CCc1nc2c(F)cc(CN3CCN(c4ccc(C(=O)NN5CCCC5=O)nc4F)CC3)cc2[nH]c1=O. The Labute approximate surface area is 211 Å². The third-order valence-electron chi connectivity index (χ3n) is 6.71. The number of rotatable bonds is 6. The van der Waals surface area contributed by atoms with Gasteiger partial charge in [-0.15, -0.1) is 0 Å². The number of benzene rings is 1. The van der Waals surface area contributed by atoms with E-state index in [2.05, 4.69) is 25.3 Å². The summed E-state index contributed by atoms with van der Waals surface area (Å²) in [6, 6.07) is 6.13. The van der Waals surface area contributed by atoms with E-state index in [-0.39, 0.29) is 22.7 Å². The maximum absolute atomic E-state index is 14.8. The fourth-order valence-electron chi connectivity index (χ4n) is 4.72. The molecule has 0 unspecified atom stereocenters. The Kier molecular flexibility index (Phi) is 6.83. The molecule has 0 radical (unpaired) electrons. The standard InChI is InChI=1S/C25H27F2N7O3/c1-2-17-24(36)30-19-13-15(12-16(26)22(19)28-17)14-32-8-10-33(11-9-32)20-6-5-18(29-23(20)27)25(37)31-34-7-3-4-21(34)35/h5-6,12-13H,2-4,7-11,14H2,1H3,(H,30,36)(H,31,37). The monoisotopic (exact) mass is 511 g/mol. The number of aromatic nitrogens is 3. The van der Waals surface area contributed by atoms with Crippen molar-refractivity contribution in [1.82, 2.24) is 30.3 Å². The molecule has 2 N–H and O–H groups in total. The van der Waals surface area contributed by atoms with Gasteiger partial charge >= 0.3 is 0 Å². The number of pyridine rings is 1. The number of piperazine rings is 1. The van der Waals surface area contributed by atoms with Crippen LogP contribution in [0, 0.1) is 11.8 Å². The molecule has 2 aromatic heterocycles. The van der Waals surface area contributed by atoms with Crippen LogP contribution in [-0.2, 0) is 17.8 Å². The van der Waals surface area contributed by atoms with Gasteiger partial charge < -0.3 is 9.88 Å². The summed E-state index contributed by atoms with van der Waals surface area (Å²) in [5.41, 5.74) is 3.86. The van der Waals surface area contributed by atoms with Gasteiger partial charge in [0, 0.05) is 45.7 Å². The first-order chi connectivity index (χ1) is 17.8. The van der Waals surface area contributed by atoms with Crippen molar-refractivity contribution in [2.75, 3.05) is 37.6 Å². The maximum atomic E-state index is 14.8. The molecule has 5 rings (SSSR count). The van der Waals surface area contributed by atoms with E-state index in [1.54, 1.807) is 13.0 Å². The van der Waals surface area contributed by atoms with Crippen LogP contribution in [0.15, 0.2) is 29.1 Å². The summed E-state index contributed by atoms with van der Waals surface area (Å²) in [6.07, 6.45) is 1.46. The Bertz CT molecular complexity index is 1420. The number of amides is 2. The van der Waals surface area contributed by atoms with Gasteiger partial charge in [0.2, 0.25) is 11.9 Å². The van der Waals surface area contributed by atoms with Crippen molar-refractivity contribution < 1.29 is 18.4 Å². The number of fused-ring (bicyclic) bond motifs is 1. The molecule has 2 saturated heterocycles. The van der Waals surface area contributed by atoms with Crippen LogP contribution in [0.3, 0.4) is 0 Å². The molecule has 0 spiro atoms. The molecule has 1 aromatic carbocycles. The van der Waals surface area contributed by atoms with E-state index in [0.717, 1.165) is 0 Å². The Balaban J connectivity index is 1.21. The predicted octanol–water partition coefficient (Wildman–Crippen LogP) is 1.75. The number of nitrogens with one attached hydrogen (secondary N) is 2. The Morgan fingerprint density at radius 3 is 2.54 bits per heavy atom. The van der Waals surface area contributed by atoms with Crippen LogP contribution in [0.2, 0.25) is 0 Å². The number of H-pyrrole nitrogens is 1. The molecule has 194 valence electrons. The molecule has 3 aromatic rings. The van der Waals surface area contributed by atoms with Gasteiger partial charge in [0.05, 0.1) is 11.2 Å². The molecule has 37 heavy (non-hydrogen) atoms. The van der Waals surface area contributed by atoms with Gasteiger partial charge in [-0.2, -0.15) is 4.39 Å². The number of carbonyl (C=O) groups is 2. The van der Waals surface area contributed by atoms with E-state index in [1.807, 2.05) is 4.90 Å². The lowest BCUT2D eigenvalue weighted by molar-refractivity contribution is -0.129. The minimum absolute atomic E-state index is 0.100. The predicted molar refractivity (Wildman–Crippen MR) is 132 cm³/mol. The zero-order valence-electron chi connectivity index (χ0n) is 20.4. The lowest BCUT2D eigenvalue weighted by atomic mass is 10.1. The van der Waals surface area contributed by atoms with Crippen molar-refractivity contribution in [3.63, 3.8) is 0 Å². The second kappa shape index (κ2) is 10.2. The summed E-state index contributed by atoms with van der Waals surface area (Å²) in [7, 11) is 0. The number of halogens is 2.